The van der Waals surface area contributed by atoms with Gasteiger partial charge in [0.15, 0.2) is 6.23 Å². The molecule has 11 heteroatoms. The molecular weight excluding hydrogens is 410 g/mol. The molecule has 5 atom stereocenters. The summed E-state index contributed by atoms with van der Waals surface area (Å²) in [7, 11) is 0. The molecule has 1 saturated heterocycles. The third-order valence-electron chi connectivity index (χ3n) is 4.74. The quantitative estimate of drug-likeness (QED) is 0.331. The van der Waals surface area contributed by atoms with Crippen molar-refractivity contribution in [1.29, 1.82) is 0 Å². The highest BCUT2D eigenvalue weighted by Gasteiger charge is 2.43. The van der Waals surface area contributed by atoms with Crippen LogP contribution in [0.25, 0.3) is 0 Å². The van der Waals surface area contributed by atoms with Crippen LogP contribution >= 0.6 is 0 Å². The Morgan fingerprint density at radius 1 is 1.16 bits per heavy atom. The van der Waals surface area contributed by atoms with Crippen LogP contribution in [0.4, 0.5) is 0 Å². The molecule has 164 valence electrons. The van der Waals surface area contributed by atoms with E-state index in [1.54, 1.807) is 30.3 Å². The van der Waals surface area contributed by atoms with E-state index in [2.05, 4.69) is 5.32 Å². The summed E-state index contributed by atoms with van der Waals surface area (Å²) in [6, 6.07) is 8.65. The molecule has 0 radical (unpaired) electrons. The molecule has 0 saturated carbocycles. The topological polar surface area (TPSA) is 171 Å². The van der Waals surface area contributed by atoms with Gasteiger partial charge in [0, 0.05) is 24.8 Å². The molecule has 11 nitrogen and oxygen atoms in total. The van der Waals surface area contributed by atoms with Crippen molar-refractivity contribution < 1.29 is 29.6 Å². The summed E-state index contributed by atoms with van der Waals surface area (Å²) in [6.07, 6.45) is -2.08. The highest BCUT2D eigenvalue weighted by atomic mass is 16.6. The minimum atomic E-state index is -1.51. The summed E-state index contributed by atoms with van der Waals surface area (Å²) in [5.74, 6) is -1.95. The lowest BCUT2D eigenvalue weighted by Gasteiger charge is -2.16. The zero-order valence-electron chi connectivity index (χ0n) is 16.1. The number of hydrogen-bond donors (Lipinski definition) is 5. The van der Waals surface area contributed by atoms with Crippen LogP contribution in [0.2, 0.25) is 0 Å². The lowest BCUT2D eigenvalue weighted by molar-refractivity contribution is -0.141. The maximum atomic E-state index is 12.2. The van der Waals surface area contributed by atoms with Gasteiger partial charge in [-0.25, -0.2) is 9.59 Å². The number of nitrogens with one attached hydrogen (secondary N) is 2. The first kappa shape index (κ1) is 22.2. The fourth-order valence-corrected chi connectivity index (χ4v) is 3.15. The van der Waals surface area contributed by atoms with Crippen LogP contribution in [0.15, 0.2) is 64.3 Å². The minimum absolute atomic E-state index is 0.0776. The third kappa shape index (κ3) is 5.34. The smallest absolute Gasteiger partial charge is 0.330 e. The molecule has 1 aromatic heterocycles. The molecule has 1 aliphatic heterocycles. The summed E-state index contributed by atoms with van der Waals surface area (Å²) < 4.78 is 6.36. The number of H-pyrrole nitrogens is 1. The number of aliphatic carboxylic acids is 1. The van der Waals surface area contributed by atoms with Gasteiger partial charge < -0.3 is 25.4 Å². The molecule has 0 unspecified atom stereocenters. The molecule has 2 aromatic rings. The average molecular weight is 431 g/mol. The van der Waals surface area contributed by atoms with Gasteiger partial charge in [-0.3, -0.25) is 19.1 Å². The van der Waals surface area contributed by atoms with E-state index < -0.39 is 53.7 Å². The average Bonchev–Trinajstić information content (AvgIpc) is 3.01. The van der Waals surface area contributed by atoms with Gasteiger partial charge in [0.2, 0.25) is 5.91 Å². The van der Waals surface area contributed by atoms with Crippen molar-refractivity contribution in [3.63, 3.8) is 0 Å². The number of carboxylic acid groups (broad SMARTS) is 1. The molecule has 2 heterocycles. The molecule has 1 fully saturated rings. The molecule has 31 heavy (non-hydrogen) atoms. The SMILES string of the molecule is O=C(/C=C/[C@H]1O[C@@H](n2ccc(=O)[nH]c2=O)[C@H](O)[C@@H]1O)N[C@@H](Cc1ccccc1)C(=O)O. The summed E-state index contributed by atoms with van der Waals surface area (Å²) in [4.78, 5) is 48.7. The lowest BCUT2D eigenvalue weighted by Crippen LogP contribution is -2.41. The maximum Gasteiger partial charge on any atom is 0.330 e. The number of aromatic amines is 1. The number of nitrogens with zero attached hydrogens (tertiary/aromatic N) is 1. The minimum Gasteiger partial charge on any atom is -0.480 e. The Morgan fingerprint density at radius 2 is 1.87 bits per heavy atom. The number of amides is 1. The van der Waals surface area contributed by atoms with E-state index in [9.17, 15) is 34.5 Å². The van der Waals surface area contributed by atoms with Gasteiger partial charge in [-0.1, -0.05) is 30.3 Å². The Morgan fingerprint density at radius 3 is 2.52 bits per heavy atom. The predicted octanol–water partition coefficient (Wildman–Crippen LogP) is -1.48. The number of aliphatic hydroxyl groups is 2. The van der Waals surface area contributed by atoms with Crippen molar-refractivity contribution in [3.05, 3.63) is 81.1 Å². The van der Waals surface area contributed by atoms with Crippen LogP contribution < -0.4 is 16.6 Å². The molecule has 0 aliphatic carbocycles. The van der Waals surface area contributed by atoms with Gasteiger partial charge in [0.1, 0.15) is 24.4 Å². The van der Waals surface area contributed by atoms with Gasteiger partial charge in [-0.15, -0.1) is 0 Å². The number of rotatable bonds is 7. The van der Waals surface area contributed by atoms with Crippen molar-refractivity contribution in [2.24, 2.45) is 0 Å². The summed E-state index contributed by atoms with van der Waals surface area (Å²) in [6.45, 7) is 0. The normalized spacial score (nSPS) is 24.2. The Bertz CT molecular complexity index is 1080. The Balaban J connectivity index is 1.66. The summed E-state index contributed by atoms with van der Waals surface area (Å²) in [5.41, 5.74) is -0.742. The number of aliphatic hydroxyl groups excluding tert-OH is 2. The molecule has 5 N–H and O–H groups in total. The first-order valence-electron chi connectivity index (χ1n) is 9.35. The van der Waals surface area contributed by atoms with Gasteiger partial charge in [-0.2, -0.15) is 0 Å². The molecule has 3 rings (SSSR count). The first-order chi connectivity index (χ1) is 14.8. The van der Waals surface area contributed by atoms with Crippen LogP contribution in [-0.4, -0.2) is 61.1 Å². The largest absolute Gasteiger partial charge is 0.480 e. The van der Waals surface area contributed by atoms with Crippen molar-refractivity contribution in [3.8, 4) is 0 Å². The molecule has 0 spiro atoms. The molecule has 1 amide bonds. The van der Waals surface area contributed by atoms with Crippen LogP contribution in [0, 0.1) is 0 Å². The van der Waals surface area contributed by atoms with Crippen LogP contribution in [0.1, 0.15) is 11.8 Å². The van der Waals surface area contributed by atoms with Crippen LogP contribution in [0.3, 0.4) is 0 Å². The summed E-state index contributed by atoms with van der Waals surface area (Å²) in [5, 5.41) is 32.1. The molecular formula is C20H21N3O8. The highest BCUT2D eigenvalue weighted by molar-refractivity contribution is 5.91. The van der Waals surface area contributed by atoms with Crippen molar-refractivity contribution >= 4 is 11.9 Å². The highest BCUT2D eigenvalue weighted by Crippen LogP contribution is 2.28. The fraction of sp³-hybridized carbons (Fsp3) is 0.300. The van der Waals surface area contributed by atoms with E-state index in [4.69, 9.17) is 4.74 Å². The van der Waals surface area contributed by atoms with E-state index in [1.807, 2.05) is 4.98 Å². The fourth-order valence-electron chi connectivity index (χ4n) is 3.15. The van der Waals surface area contributed by atoms with E-state index in [0.717, 1.165) is 34.5 Å². The molecule has 1 aromatic carbocycles. The van der Waals surface area contributed by atoms with E-state index >= 15 is 0 Å². The zero-order chi connectivity index (χ0) is 22.5. The van der Waals surface area contributed by atoms with E-state index in [1.165, 1.54) is 0 Å². The second-order valence-electron chi connectivity index (χ2n) is 6.94. The maximum absolute atomic E-state index is 12.2. The van der Waals surface area contributed by atoms with Gasteiger partial charge in [-0.05, 0) is 11.6 Å². The van der Waals surface area contributed by atoms with E-state index in [0.29, 0.717) is 0 Å². The van der Waals surface area contributed by atoms with Gasteiger partial charge >= 0.3 is 11.7 Å². The predicted molar refractivity (Wildman–Crippen MR) is 106 cm³/mol. The Labute approximate surface area is 175 Å². The zero-order valence-corrected chi connectivity index (χ0v) is 16.1. The van der Waals surface area contributed by atoms with Crippen LogP contribution in [0.5, 0.6) is 0 Å². The number of carboxylic acids is 1. The second-order valence-corrected chi connectivity index (χ2v) is 6.94. The van der Waals surface area contributed by atoms with E-state index in [-0.39, 0.29) is 6.42 Å². The van der Waals surface area contributed by atoms with Crippen molar-refractivity contribution in [2.75, 3.05) is 0 Å². The summed E-state index contributed by atoms with van der Waals surface area (Å²) >= 11 is 0. The third-order valence-corrected chi connectivity index (χ3v) is 4.74. The second kappa shape index (κ2) is 9.51. The monoisotopic (exact) mass is 431 g/mol. The number of benzene rings is 1. The number of ether oxygens (including phenoxy) is 1. The van der Waals surface area contributed by atoms with Crippen molar-refractivity contribution in [2.45, 2.75) is 37.0 Å². The lowest BCUT2D eigenvalue weighted by atomic mass is 10.1. The molecule has 0 bridgehead atoms. The molecule has 1 aliphatic rings. The Kier molecular flexibility index (Phi) is 6.80. The first-order valence-corrected chi connectivity index (χ1v) is 9.35. The number of hydrogen-bond acceptors (Lipinski definition) is 7. The number of carbonyl (C=O) groups is 2. The standard InChI is InChI=1S/C20H21N3O8/c24-14(21-12(19(28)29)10-11-4-2-1-3-5-11)7-6-13-16(26)17(27)18(31-13)23-9-8-15(25)22-20(23)30/h1-9,12-13,16-18,26-27H,10H2,(H,21,24)(H,28,29)(H,22,25,30)/b7-6+/t12-,13+,16+,17+,18+/m0/s1. The number of carbonyl (C=O) groups excluding carboxylic acids is 1. The van der Waals surface area contributed by atoms with Gasteiger partial charge in [0.05, 0.1) is 0 Å². The number of aromatic nitrogens is 2. The van der Waals surface area contributed by atoms with Gasteiger partial charge in [0.25, 0.3) is 5.56 Å². The van der Waals surface area contributed by atoms with Crippen LogP contribution in [-0.2, 0) is 20.7 Å². The Hall–Kier alpha value is -3.54. The van der Waals surface area contributed by atoms with Crippen molar-refractivity contribution in [1.82, 2.24) is 14.9 Å².